The van der Waals surface area contributed by atoms with Gasteiger partial charge >= 0.3 is 0 Å². The molecule has 0 saturated heterocycles. The van der Waals surface area contributed by atoms with Gasteiger partial charge in [0.1, 0.15) is 5.78 Å². The van der Waals surface area contributed by atoms with Gasteiger partial charge in [0.25, 0.3) is 0 Å². The molecule has 1 saturated carbocycles. The zero-order valence-electron chi connectivity index (χ0n) is 20.7. The first kappa shape index (κ1) is 27.5. The highest BCUT2D eigenvalue weighted by atomic mass is 35.5. The van der Waals surface area contributed by atoms with E-state index in [1.807, 2.05) is 25.1 Å². The summed E-state index contributed by atoms with van der Waals surface area (Å²) in [5.41, 5.74) is 0.853. The largest absolute Gasteiger partial charge is 0.353 e. The SMILES string of the molecule is C=CC(=O)CC[C@H](CC1CCCCC1)NC(=O)[C@@H](CC(=O)CCC)Cc1nc2ccc(Cl)cc2s1. The molecule has 190 valence electrons. The Hall–Kier alpha value is -2.05. The topological polar surface area (TPSA) is 76.1 Å². The molecule has 2 aromatic rings. The Morgan fingerprint density at radius 1 is 1.23 bits per heavy atom. The predicted octanol–water partition coefficient (Wildman–Crippen LogP) is 6.86. The van der Waals surface area contributed by atoms with Gasteiger partial charge in [0.15, 0.2) is 5.78 Å². The minimum atomic E-state index is -0.478. The number of hydrogen-bond acceptors (Lipinski definition) is 5. The van der Waals surface area contributed by atoms with Crippen LogP contribution >= 0.6 is 22.9 Å². The standard InChI is InChI=1S/C28H37ClN2O3S/c1-3-8-24(33)16-20(17-27-31-25-14-11-21(29)18-26(25)35-27)28(34)30-22(12-13-23(32)4-2)15-19-9-6-5-7-10-19/h4,11,14,18-20,22H,2-3,5-10,12-13,15-17H2,1H3,(H,30,34)/t20-,22+/m0/s1. The number of nitrogens with zero attached hydrogens (tertiary/aromatic N) is 1. The number of nitrogens with one attached hydrogen (secondary N) is 1. The van der Waals surface area contributed by atoms with Crippen LogP contribution in [0.1, 0.15) is 82.6 Å². The number of Topliss-reactive ketones (excluding diaryl/α,β-unsaturated/α-hetero) is 1. The molecule has 0 aliphatic heterocycles. The lowest BCUT2D eigenvalue weighted by atomic mass is 9.83. The van der Waals surface area contributed by atoms with Crippen molar-refractivity contribution in [3.8, 4) is 0 Å². The third-order valence-electron chi connectivity index (χ3n) is 6.85. The average molecular weight is 517 g/mol. The Kier molecular flexibility index (Phi) is 10.9. The molecular weight excluding hydrogens is 480 g/mol. The molecule has 1 N–H and O–H groups in total. The van der Waals surface area contributed by atoms with E-state index < -0.39 is 5.92 Å². The van der Waals surface area contributed by atoms with Crippen LogP contribution in [0.15, 0.2) is 30.9 Å². The van der Waals surface area contributed by atoms with Crippen molar-refractivity contribution in [3.63, 3.8) is 0 Å². The lowest BCUT2D eigenvalue weighted by Crippen LogP contribution is -2.41. The third kappa shape index (κ3) is 8.84. The van der Waals surface area contributed by atoms with Crippen molar-refractivity contribution in [2.75, 3.05) is 0 Å². The molecule has 1 aliphatic rings. The molecule has 1 aliphatic carbocycles. The molecule has 7 heteroatoms. The van der Waals surface area contributed by atoms with Crippen molar-refractivity contribution in [2.24, 2.45) is 11.8 Å². The lowest BCUT2D eigenvalue weighted by Gasteiger charge is -2.28. The molecule has 0 bridgehead atoms. The van der Waals surface area contributed by atoms with Crippen LogP contribution in [-0.4, -0.2) is 28.5 Å². The summed E-state index contributed by atoms with van der Waals surface area (Å²) in [5.74, 6) is 0.0768. The summed E-state index contributed by atoms with van der Waals surface area (Å²) < 4.78 is 0.977. The van der Waals surface area contributed by atoms with Crippen molar-refractivity contribution in [1.29, 1.82) is 0 Å². The van der Waals surface area contributed by atoms with E-state index in [1.54, 1.807) is 0 Å². The van der Waals surface area contributed by atoms with Gasteiger partial charge in [0, 0.05) is 36.7 Å². The Labute approximate surface area is 217 Å². The van der Waals surface area contributed by atoms with Gasteiger partial charge in [0.05, 0.1) is 21.1 Å². The molecule has 3 rings (SSSR count). The van der Waals surface area contributed by atoms with E-state index in [2.05, 4.69) is 16.9 Å². The van der Waals surface area contributed by atoms with E-state index in [-0.39, 0.29) is 29.9 Å². The van der Waals surface area contributed by atoms with Gasteiger partial charge in [0.2, 0.25) is 5.91 Å². The number of thiazole rings is 1. The van der Waals surface area contributed by atoms with Gasteiger partial charge in [-0.2, -0.15) is 0 Å². The van der Waals surface area contributed by atoms with E-state index in [9.17, 15) is 14.4 Å². The molecule has 1 aromatic heterocycles. The first-order valence-corrected chi connectivity index (χ1v) is 14.1. The van der Waals surface area contributed by atoms with Crippen molar-refractivity contribution in [1.82, 2.24) is 10.3 Å². The number of benzene rings is 1. The summed E-state index contributed by atoms with van der Waals surface area (Å²) in [4.78, 5) is 42.7. The summed E-state index contributed by atoms with van der Waals surface area (Å²) in [6.45, 7) is 5.55. The fraction of sp³-hybridized carbons (Fsp3) is 0.571. The number of amides is 1. The number of carbonyl (C=O) groups excluding carboxylic acids is 3. The molecule has 5 nitrogen and oxygen atoms in total. The van der Waals surface area contributed by atoms with Gasteiger partial charge in [-0.15, -0.1) is 11.3 Å². The predicted molar refractivity (Wildman–Crippen MR) is 144 cm³/mol. The smallest absolute Gasteiger partial charge is 0.224 e. The van der Waals surface area contributed by atoms with Crippen molar-refractivity contribution in [2.45, 2.75) is 90.0 Å². The third-order valence-corrected chi connectivity index (χ3v) is 8.12. The van der Waals surface area contributed by atoms with Crippen LogP contribution in [0.25, 0.3) is 10.2 Å². The van der Waals surface area contributed by atoms with Gasteiger partial charge in [-0.3, -0.25) is 14.4 Å². The second-order valence-electron chi connectivity index (χ2n) is 9.77. The Balaban J connectivity index is 1.74. The monoisotopic (exact) mass is 516 g/mol. The summed E-state index contributed by atoms with van der Waals surface area (Å²) >= 11 is 7.65. The molecule has 1 fully saturated rings. The maximum absolute atomic E-state index is 13.5. The van der Waals surface area contributed by atoms with Gasteiger partial charge in [-0.1, -0.05) is 57.2 Å². The van der Waals surface area contributed by atoms with Crippen LogP contribution in [0.4, 0.5) is 0 Å². The highest BCUT2D eigenvalue weighted by Gasteiger charge is 2.27. The molecule has 0 spiro atoms. The van der Waals surface area contributed by atoms with Crippen LogP contribution in [0.3, 0.4) is 0 Å². The minimum Gasteiger partial charge on any atom is -0.353 e. The lowest BCUT2D eigenvalue weighted by molar-refractivity contribution is -0.130. The molecule has 2 atom stereocenters. The number of fused-ring (bicyclic) bond motifs is 1. The van der Waals surface area contributed by atoms with Crippen molar-refractivity contribution < 1.29 is 14.4 Å². The first-order chi connectivity index (χ1) is 16.9. The Morgan fingerprint density at radius 3 is 2.71 bits per heavy atom. The van der Waals surface area contributed by atoms with Gasteiger partial charge < -0.3 is 5.32 Å². The normalized spacial score (nSPS) is 16.1. The number of halogens is 1. The van der Waals surface area contributed by atoms with E-state index in [0.717, 1.165) is 28.1 Å². The van der Waals surface area contributed by atoms with Crippen LogP contribution < -0.4 is 5.32 Å². The van der Waals surface area contributed by atoms with E-state index >= 15 is 0 Å². The molecular formula is C28H37ClN2O3S. The zero-order valence-corrected chi connectivity index (χ0v) is 22.3. The first-order valence-electron chi connectivity index (χ1n) is 12.9. The molecule has 1 aromatic carbocycles. The quantitative estimate of drug-likeness (QED) is 0.278. The fourth-order valence-corrected chi connectivity index (χ4v) is 6.29. The number of allylic oxidation sites excluding steroid dienone is 1. The van der Waals surface area contributed by atoms with Crippen LogP contribution in [0.2, 0.25) is 5.02 Å². The van der Waals surface area contributed by atoms with E-state index in [0.29, 0.717) is 36.6 Å². The zero-order chi connectivity index (χ0) is 25.2. The maximum Gasteiger partial charge on any atom is 0.224 e. The number of aromatic nitrogens is 1. The highest BCUT2D eigenvalue weighted by Crippen LogP contribution is 2.30. The van der Waals surface area contributed by atoms with Crippen molar-refractivity contribution in [3.05, 3.63) is 40.9 Å². The summed E-state index contributed by atoms with van der Waals surface area (Å²) in [6.07, 6.45) is 11.1. The number of hydrogen-bond donors (Lipinski definition) is 1. The molecule has 1 amide bonds. The van der Waals surface area contributed by atoms with E-state index in [1.165, 1.54) is 49.5 Å². The van der Waals surface area contributed by atoms with Crippen LogP contribution in [-0.2, 0) is 20.8 Å². The molecule has 0 radical (unpaired) electrons. The van der Waals surface area contributed by atoms with Gasteiger partial charge in [-0.05, 0) is 49.5 Å². The Bertz CT molecular complexity index is 1030. The number of ketones is 2. The fourth-order valence-electron chi connectivity index (χ4n) is 4.97. The number of rotatable bonds is 14. The Morgan fingerprint density at radius 2 is 2.00 bits per heavy atom. The van der Waals surface area contributed by atoms with E-state index in [4.69, 9.17) is 11.6 Å². The number of carbonyl (C=O) groups is 3. The maximum atomic E-state index is 13.5. The molecule has 1 heterocycles. The highest BCUT2D eigenvalue weighted by molar-refractivity contribution is 7.18. The second kappa shape index (κ2) is 13.9. The van der Waals surface area contributed by atoms with Gasteiger partial charge in [-0.25, -0.2) is 4.98 Å². The summed E-state index contributed by atoms with van der Waals surface area (Å²) in [6, 6.07) is 5.49. The van der Waals surface area contributed by atoms with Crippen LogP contribution in [0, 0.1) is 11.8 Å². The van der Waals surface area contributed by atoms with Crippen LogP contribution in [0.5, 0.6) is 0 Å². The summed E-state index contributed by atoms with van der Waals surface area (Å²) in [5, 5.41) is 4.72. The second-order valence-corrected chi connectivity index (χ2v) is 11.3. The van der Waals surface area contributed by atoms with Crippen molar-refractivity contribution >= 4 is 50.6 Å². The summed E-state index contributed by atoms with van der Waals surface area (Å²) in [7, 11) is 0. The molecule has 35 heavy (non-hydrogen) atoms. The minimum absolute atomic E-state index is 0.00398. The average Bonchev–Trinajstić information content (AvgIpc) is 3.24. The molecule has 0 unspecified atom stereocenters.